The van der Waals surface area contributed by atoms with E-state index in [1.54, 1.807) is 0 Å². The van der Waals surface area contributed by atoms with E-state index in [4.69, 9.17) is 10.2 Å². The van der Waals surface area contributed by atoms with Crippen molar-refractivity contribution in [2.75, 3.05) is 13.2 Å². The predicted octanol–water partition coefficient (Wildman–Crippen LogP) is 0.0284. The molecule has 0 aliphatic carbocycles. The quantitative estimate of drug-likeness (QED) is 0.534. The lowest BCUT2D eigenvalue weighted by atomic mass is 10.2. The zero-order valence-electron chi connectivity index (χ0n) is 6.85. The van der Waals surface area contributed by atoms with Crippen LogP contribution >= 0.6 is 0 Å². The third-order valence-electron chi connectivity index (χ3n) is 1.21. The summed E-state index contributed by atoms with van der Waals surface area (Å²) in [4.78, 5) is 0. The Morgan fingerprint density at radius 1 is 1.00 bits per heavy atom. The number of aliphatic hydroxyl groups is 2. The highest BCUT2D eigenvalue weighted by molar-refractivity contribution is 4.68. The molecule has 2 N–H and O–H groups in total. The third kappa shape index (κ3) is 4.76. The minimum Gasteiger partial charge on any atom is -0.499 e. The van der Waals surface area contributed by atoms with Gasteiger partial charge in [0.05, 0.1) is 12.5 Å². The van der Waals surface area contributed by atoms with Crippen LogP contribution in [0.4, 0.5) is 0 Å². The van der Waals surface area contributed by atoms with Crippen molar-refractivity contribution in [3.8, 4) is 0 Å². The van der Waals surface area contributed by atoms with Crippen molar-refractivity contribution in [1.29, 1.82) is 0 Å². The van der Waals surface area contributed by atoms with E-state index in [-0.39, 0.29) is 13.2 Å². The molecule has 0 aliphatic heterocycles. The fourth-order valence-corrected chi connectivity index (χ4v) is 0.555. The number of rotatable bonds is 7. The van der Waals surface area contributed by atoms with E-state index in [0.29, 0.717) is 0 Å². The monoisotopic (exact) mass is 174 g/mol. The zero-order valence-corrected chi connectivity index (χ0v) is 6.85. The Kier molecular flexibility index (Phi) is 6.14. The van der Waals surface area contributed by atoms with Crippen molar-refractivity contribution >= 4 is 0 Å². The first-order valence-electron chi connectivity index (χ1n) is 3.53. The molecule has 12 heavy (non-hydrogen) atoms. The lowest BCUT2D eigenvalue weighted by Crippen LogP contribution is -2.33. The highest BCUT2D eigenvalue weighted by Gasteiger charge is 2.16. The average Bonchev–Trinajstić information content (AvgIpc) is 2.10. The van der Waals surface area contributed by atoms with Gasteiger partial charge in [0.1, 0.15) is 25.4 Å². The summed E-state index contributed by atoms with van der Waals surface area (Å²) >= 11 is 0. The third-order valence-corrected chi connectivity index (χ3v) is 1.21. The van der Waals surface area contributed by atoms with Gasteiger partial charge in [0.15, 0.2) is 0 Å². The smallest absolute Gasteiger partial charge is 0.117 e. The molecule has 4 heteroatoms. The Labute approximate surface area is 71.7 Å². The first kappa shape index (κ1) is 11.0. The highest BCUT2D eigenvalue weighted by Crippen LogP contribution is 1.95. The number of aliphatic hydroxyl groups excluding tert-OH is 2. The van der Waals surface area contributed by atoms with Crippen LogP contribution in [0.2, 0.25) is 0 Å². The SMILES string of the molecule is C=COCC(O)C(O)COC=C. The van der Waals surface area contributed by atoms with Gasteiger partial charge in [-0.15, -0.1) is 0 Å². The van der Waals surface area contributed by atoms with E-state index in [2.05, 4.69) is 22.6 Å². The number of ether oxygens (including phenoxy) is 2. The summed E-state index contributed by atoms with van der Waals surface area (Å²) in [5.74, 6) is 0. The maximum absolute atomic E-state index is 9.14. The standard InChI is InChI=1S/C8H14O4/c1-3-11-5-7(9)8(10)6-12-4-2/h3-4,7-10H,1-2,5-6H2. The minimum absolute atomic E-state index is 0.00513. The summed E-state index contributed by atoms with van der Waals surface area (Å²) in [5.41, 5.74) is 0. The molecule has 70 valence electrons. The molecule has 0 fully saturated rings. The van der Waals surface area contributed by atoms with Crippen molar-refractivity contribution in [3.05, 3.63) is 25.7 Å². The summed E-state index contributed by atoms with van der Waals surface area (Å²) in [6.07, 6.45) is 0.458. The molecular formula is C8H14O4. The van der Waals surface area contributed by atoms with E-state index < -0.39 is 12.2 Å². The van der Waals surface area contributed by atoms with Gasteiger partial charge in [-0.25, -0.2) is 0 Å². The fourth-order valence-electron chi connectivity index (χ4n) is 0.555. The molecule has 2 atom stereocenters. The van der Waals surface area contributed by atoms with Crippen LogP contribution in [0.15, 0.2) is 25.7 Å². The molecule has 0 heterocycles. The van der Waals surface area contributed by atoms with Crippen LogP contribution in [-0.4, -0.2) is 35.6 Å². The minimum atomic E-state index is -0.969. The van der Waals surface area contributed by atoms with Gasteiger partial charge in [-0.05, 0) is 0 Å². The molecule has 0 radical (unpaired) electrons. The van der Waals surface area contributed by atoms with E-state index in [1.165, 1.54) is 12.5 Å². The molecular weight excluding hydrogens is 160 g/mol. The van der Waals surface area contributed by atoms with E-state index in [1.807, 2.05) is 0 Å². The Morgan fingerprint density at radius 2 is 1.33 bits per heavy atom. The van der Waals surface area contributed by atoms with Gasteiger partial charge in [0, 0.05) is 0 Å². The lowest BCUT2D eigenvalue weighted by Gasteiger charge is -2.16. The first-order chi connectivity index (χ1) is 5.72. The molecule has 0 aliphatic rings. The first-order valence-corrected chi connectivity index (χ1v) is 3.53. The van der Waals surface area contributed by atoms with Crippen LogP contribution in [0.1, 0.15) is 0 Å². The molecule has 0 bridgehead atoms. The van der Waals surface area contributed by atoms with Gasteiger partial charge >= 0.3 is 0 Å². The molecule has 0 aromatic rings. The lowest BCUT2D eigenvalue weighted by molar-refractivity contribution is -0.0438. The van der Waals surface area contributed by atoms with Crippen molar-refractivity contribution in [3.63, 3.8) is 0 Å². The van der Waals surface area contributed by atoms with Crippen molar-refractivity contribution < 1.29 is 19.7 Å². The maximum Gasteiger partial charge on any atom is 0.117 e. The van der Waals surface area contributed by atoms with Crippen LogP contribution in [0.3, 0.4) is 0 Å². The van der Waals surface area contributed by atoms with Crippen molar-refractivity contribution in [1.82, 2.24) is 0 Å². The summed E-state index contributed by atoms with van der Waals surface area (Å²) in [7, 11) is 0. The number of hydrogen-bond donors (Lipinski definition) is 2. The molecule has 0 rings (SSSR count). The van der Waals surface area contributed by atoms with Gasteiger partial charge in [-0.2, -0.15) is 0 Å². The molecule has 0 saturated heterocycles. The normalized spacial score (nSPS) is 14.5. The predicted molar refractivity (Wildman–Crippen MR) is 44.3 cm³/mol. The second-order valence-corrected chi connectivity index (χ2v) is 2.13. The van der Waals surface area contributed by atoms with Gasteiger partial charge in [0.2, 0.25) is 0 Å². The Bertz CT molecular complexity index is 119. The van der Waals surface area contributed by atoms with E-state index in [9.17, 15) is 0 Å². The van der Waals surface area contributed by atoms with E-state index >= 15 is 0 Å². The van der Waals surface area contributed by atoms with Crippen LogP contribution in [0.5, 0.6) is 0 Å². The Balaban J connectivity index is 3.52. The summed E-state index contributed by atoms with van der Waals surface area (Å²) in [6.45, 7) is 6.59. The second-order valence-electron chi connectivity index (χ2n) is 2.13. The van der Waals surface area contributed by atoms with Crippen molar-refractivity contribution in [2.24, 2.45) is 0 Å². The fraction of sp³-hybridized carbons (Fsp3) is 0.500. The summed E-state index contributed by atoms with van der Waals surface area (Å²) in [5, 5.41) is 18.3. The van der Waals surface area contributed by atoms with Gasteiger partial charge in [-0.3, -0.25) is 0 Å². The highest BCUT2D eigenvalue weighted by atomic mass is 16.5. The molecule has 0 saturated carbocycles. The Hall–Kier alpha value is -1.00. The molecule has 2 unspecified atom stereocenters. The topological polar surface area (TPSA) is 58.9 Å². The number of hydrogen-bond acceptors (Lipinski definition) is 4. The van der Waals surface area contributed by atoms with Gasteiger partial charge < -0.3 is 19.7 Å². The van der Waals surface area contributed by atoms with Crippen LogP contribution in [-0.2, 0) is 9.47 Å². The average molecular weight is 174 g/mol. The zero-order chi connectivity index (χ0) is 9.40. The van der Waals surface area contributed by atoms with Gasteiger partial charge in [0.25, 0.3) is 0 Å². The molecule has 0 spiro atoms. The molecule has 0 aromatic heterocycles. The van der Waals surface area contributed by atoms with Crippen LogP contribution in [0.25, 0.3) is 0 Å². The van der Waals surface area contributed by atoms with E-state index in [0.717, 1.165) is 0 Å². The Morgan fingerprint density at radius 3 is 1.58 bits per heavy atom. The maximum atomic E-state index is 9.14. The summed E-state index contributed by atoms with van der Waals surface area (Å²) in [6, 6.07) is 0. The van der Waals surface area contributed by atoms with Crippen LogP contribution in [0, 0.1) is 0 Å². The second kappa shape index (κ2) is 6.69. The summed E-state index contributed by atoms with van der Waals surface area (Å²) < 4.78 is 9.34. The molecule has 0 amide bonds. The van der Waals surface area contributed by atoms with Gasteiger partial charge in [-0.1, -0.05) is 13.2 Å². The molecule has 4 nitrogen and oxygen atoms in total. The largest absolute Gasteiger partial charge is 0.499 e. The van der Waals surface area contributed by atoms with Crippen molar-refractivity contribution in [2.45, 2.75) is 12.2 Å². The van der Waals surface area contributed by atoms with Crippen LogP contribution < -0.4 is 0 Å². The molecule has 0 aromatic carbocycles.